The van der Waals surface area contributed by atoms with Gasteiger partial charge in [-0.25, -0.2) is 4.39 Å². The number of nitrogens with one attached hydrogen (secondary N) is 1. The van der Waals surface area contributed by atoms with Gasteiger partial charge in [-0.2, -0.15) is 14.3 Å². The van der Waals surface area contributed by atoms with Crippen molar-refractivity contribution < 1.29 is 9.18 Å². The first-order valence-corrected chi connectivity index (χ1v) is 9.75. The van der Waals surface area contributed by atoms with Crippen LogP contribution in [0, 0.1) is 19.7 Å². The monoisotopic (exact) mass is 455 g/mol. The summed E-state index contributed by atoms with van der Waals surface area (Å²) in [5.74, 6) is 1.05. The average molecular weight is 456 g/mol. The third-order valence-corrected chi connectivity index (χ3v) is 5.68. The van der Waals surface area contributed by atoms with Crippen molar-refractivity contribution in [2.24, 2.45) is 0 Å². The smallest absolute Gasteiger partial charge is 0.226 e. The lowest BCUT2D eigenvalue weighted by Crippen LogP contribution is -2.25. The van der Waals surface area contributed by atoms with Crippen molar-refractivity contribution in [1.29, 1.82) is 0 Å². The molecule has 1 N–H and O–H groups in total. The van der Waals surface area contributed by atoms with Crippen molar-refractivity contribution in [3.05, 3.63) is 63.3 Å². The second-order valence-corrected chi connectivity index (χ2v) is 7.80. The number of aromatic nitrogens is 6. The summed E-state index contributed by atoms with van der Waals surface area (Å²) >= 11 is 3.23. The summed E-state index contributed by atoms with van der Waals surface area (Å²) in [5, 5.41) is 20.2. The van der Waals surface area contributed by atoms with E-state index >= 15 is 0 Å². The second kappa shape index (κ2) is 6.45. The Labute approximate surface area is 172 Å². The van der Waals surface area contributed by atoms with Gasteiger partial charge in [-0.1, -0.05) is 6.07 Å². The number of rotatable bonds is 2. The number of amides is 1. The van der Waals surface area contributed by atoms with Crippen molar-refractivity contribution in [1.82, 2.24) is 29.6 Å². The molecule has 0 radical (unpaired) electrons. The summed E-state index contributed by atoms with van der Waals surface area (Å²) in [6.07, 6.45) is 0.259. The van der Waals surface area contributed by atoms with Crippen LogP contribution < -0.4 is 5.32 Å². The summed E-state index contributed by atoms with van der Waals surface area (Å²) in [6.45, 7) is 3.70. The van der Waals surface area contributed by atoms with Crippen LogP contribution >= 0.6 is 15.9 Å². The Morgan fingerprint density at radius 3 is 2.79 bits per heavy atom. The Kier molecular flexibility index (Phi) is 3.98. The molecule has 3 aromatic heterocycles. The van der Waals surface area contributed by atoms with Crippen molar-refractivity contribution in [2.75, 3.05) is 5.32 Å². The highest BCUT2D eigenvalue weighted by molar-refractivity contribution is 9.10. The van der Waals surface area contributed by atoms with E-state index in [9.17, 15) is 9.18 Å². The maximum Gasteiger partial charge on any atom is 0.226 e. The van der Waals surface area contributed by atoms with Crippen LogP contribution in [0.4, 0.5) is 10.2 Å². The van der Waals surface area contributed by atoms with Crippen LogP contribution in [0.25, 0.3) is 11.5 Å². The summed E-state index contributed by atoms with van der Waals surface area (Å²) in [7, 11) is 0. The maximum atomic E-state index is 13.7. The molecule has 0 saturated carbocycles. The molecule has 1 aliphatic rings. The third kappa shape index (κ3) is 2.82. The molecule has 29 heavy (non-hydrogen) atoms. The van der Waals surface area contributed by atoms with Gasteiger partial charge in [0.1, 0.15) is 11.6 Å². The molecule has 10 heteroatoms. The molecular formula is C19H15BrFN7O. The van der Waals surface area contributed by atoms with Crippen LogP contribution in [0.15, 0.2) is 34.8 Å². The molecule has 1 amide bonds. The highest BCUT2D eigenvalue weighted by atomic mass is 79.9. The van der Waals surface area contributed by atoms with Crippen molar-refractivity contribution in [2.45, 2.75) is 26.2 Å². The molecule has 0 bridgehead atoms. The number of hydrogen-bond acceptors (Lipinski definition) is 5. The summed E-state index contributed by atoms with van der Waals surface area (Å²) in [6, 6.07) is 8.39. The van der Waals surface area contributed by atoms with E-state index in [1.54, 1.807) is 33.5 Å². The molecule has 0 aliphatic carbocycles. The van der Waals surface area contributed by atoms with Crippen LogP contribution in [0.1, 0.15) is 35.0 Å². The van der Waals surface area contributed by atoms with E-state index in [0.29, 0.717) is 27.6 Å². The number of hydrogen-bond donors (Lipinski definition) is 1. The molecule has 0 saturated heterocycles. The number of benzene rings is 1. The zero-order valence-electron chi connectivity index (χ0n) is 15.5. The molecule has 1 aliphatic heterocycles. The Balaban J connectivity index is 1.68. The van der Waals surface area contributed by atoms with Crippen LogP contribution in [-0.2, 0) is 4.79 Å². The third-order valence-electron chi connectivity index (χ3n) is 5.07. The number of anilines is 1. The first-order chi connectivity index (χ1) is 13.9. The fourth-order valence-electron chi connectivity index (χ4n) is 3.73. The number of carbonyl (C=O) groups excluding carboxylic acids is 1. The minimum Gasteiger partial charge on any atom is -0.310 e. The number of fused-ring (bicyclic) bond motifs is 2. The largest absolute Gasteiger partial charge is 0.310 e. The van der Waals surface area contributed by atoms with E-state index in [-0.39, 0.29) is 24.1 Å². The second-order valence-electron chi connectivity index (χ2n) is 6.95. The molecule has 4 aromatic rings. The Hall–Kier alpha value is -3.14. The highest BCUT2D eigenvalue weighted by Crippen LogP contribution is 2.40. The molecular weight excluding hydrogens is 441 g/mol. The average Bonchev–Trinajstić information content (AvgIpc) is 3.23. The van der Waals surface area contributed by atoms with Gasteiger partial charge >= 0.3 is 0 Å². The number of nitrogens with zero attached hydrogens (tertiary/aromatic N) is 6. The quantitative estimate of drug-likeness (QED) is 0.500. The lowest BCUT2D eigenvalue weighted by atomic mass is 9.86. The number of halogens is 2. The topological polar surface area (TPSA) is 90.0 Å². The summed E-state index contributed by atoms with van der Waals surface area (Å²) in [5.41, 5.74) is 3.13. The molecule has 1 atom stereocenters. The Morgan fingerprint density at radius 1 is 1.17 bits per heavy atom. The van der Waals surface area contributed by atoms with E-state index in [4.69, 9.17) is 0 Å². The van der Waals surface area contributed by atoms with Gasteiger partial charge in [0.05, 0.1) is 10.2 Å². The molecule has 0 unspecified atom stereocenters. The first-order valence-electron chi connectivity index (χ1n) is 8.96. The van der Waals surface area contributed by atoms with Gasteiger partial charge in [0.25, 0.3) is 0 Å². The van der Waals surface area contributed by atoms with Crippen LogP contribution in [0.2, 0.25) is 0 Å². The summed E-state index contributed by atoms with van der Waals surface area (Å²) < 4.78 is 17.3. The van der Waals surface area contributed by atoms with Gasteiger partial charge in [-0.05, 0) is 59.6 Å². The van der Waals surface area contributed by atoms with Gasteiger partial charge in [0.2, 0.25) is 5.91 Å². The zero-order valence-corrected chi connectivity index (χ0v) is 17.1. The Morgan fingerprint density at radius 2 is 2.00 bits per heavy atom. The standard InChI is InChI=1S/C19H15BrFN7O/c1-9-18-12(11-3-4-14(21)13(20)7-11)8-17(29)22-19(18)28(25-9)16-6-5-15-24-23-10(2)27(15)26-16/h3-7,12H,8H2,1-2H3,(H,22,29)/t12-/m1/s1. The van der Waals surface area contributed by atoms with Crippen LogP contribution in [0.5, 0.6) is 0 Å². The van der Waals surface area contributed by atoms with E-state index in [1.165, 1.54) is 6.07 Å². The zero-order chi connectivity index (χ0) is 20.3. The minimum absolute atomic E-state index is 0.134. The predicted molar refractivity (Wildman–Crippen MR) is 107 cm³/mol. The van der Waals surface area contributed by atoms with Crippen LogP contribution in [-0.4, -0.2) is 35.5 Å². The van der Waals surface area contributed by atoms with Gasteiger partial charge in [0, 0.05) is 17.9 Å². The van der Waals surface area contributed by atoms with E-state index in [2.05, 4.69) is 41.6 Å². The Bertz CT molecular complexity index is 1300. The van der Waals surface area contributed by atoms with Crippen molar-refractivity contribution >= 4 is 33.3 Å². The maximum absolute atomic E-state index is 13.7. The normalized spacial score (nSPS) is 16.1. The van der Waals surface area contributed by atoms with Crippen LogP contribution in [0.3, 0.4) is 0 Å². The summed E-state index contributed by atoms with van der Waals surface area (Å²) in [4.78, 5) is 12.5. The first kappa shape index (κ1) is 17.9. The van der Waals surface area contributed by atoms with Gasteiger partial charge < -0.3 is 5.32 Å². The molecule has 8 nitrogen and oxygen atoms in total. The lowest BCUT2D eigenvalue weighted by molar-refractivity contribution is -0.116. The fraction of sp³-hybridized carbons (Fsp3) is 0.211. The molecule has 4 heterocycles. The fourth-order valence-corrected chi connectivity index (χ4v) is 4.12. The van der Waals surface area contributed by atoms with E-state index in [0.717, 1.165) is 16.8 Å². The van der Waals surface area contributed by atoms with Crippen molar-refractivity contribution in [3.8, 4) is 5.82 Å². The lowest BCUT2D eigenvalue weighted by Gasteiger charge is -2.24. The molecule has 0 spiro atoms. The number of carbonyl (C=O) groups is 1. The van der Waals surface area contributed by atoms with Gasteiger partial charge in [-0.3, -0.25) is 4.79 Å². The van der Waals surface area contributed by atoms with Crippen molar-refractivity contribution in [3.63, 3.8) is 0 Å². The van der Waals surface area contributed by atoms with E-state index < -0.39 is 0 Å². The number of aryl methyl sites for hydroxylation is 2. The van der Waals surface area contributed by atoms with Gasteiger partial charge in [-0.15, -0.1) is 15.3 Å². The van der Waals surface area contributed by atoms with E-state index in [1.807, 2.05) is 13.8 Å². The predicted octanol–water partition coefficient (Wildman–Crippen LogP) is 3.30. The molecule has 146 valence electrons. The molecule has 1 aromatic carbocycles. The van der Waals surface area contributed by atoms with Gasteiger partial charge in [0.15, 0.2) is 17.3 Å². The molecule has 0 fully saturated rings. The molecule has 5 rings (SSSR count). The minimum atomic E-state index is -0.344. The highest BCUT2D eigenvalue weighted by Gasteiger charge is 2.33. The SMILES string of the molecule is Cc1nn(-c2ccc3nnc(C)n3n2)c2c1[C@@H](c1ccc(F)c(Br)c1)CC(=O)N2.